The second kappa shape index (κ2) is 5.81. The summed E-state index contributed by atoms with van der Waals surface area (Å²) in [6.45, 7) is 9.84. The van der Waals surface area contributed by atoms with Crippen LogP contribution in [0, 0.1) is 22.7 Å². The van der Waals surface area contributed by atoms with Crippen molar-refractivity contribution in [1.29, 1.82) is 0 Å². The molecule has 0 aromatic rings. The molecule has 1 N–H and O–H groups in total. The summed E-state index contributed by atoms with van der Waals surface area (Å²) in [5.41, 5.74) is 0.531. The van der Waals surface area contributed by atoms with E-state index in [0.29, 0.717) is 29.9 Å². The van der Waals surface area contributed by atoms with Gasteiger partial charge < -0.3 is 10.1 Å². The van der Waals surface area contributed by atoms with E-state index in [1.54, 1.807) is 0 Å². The van der Waals surface area contributed by atoms with Crippen molar-refractivity contribution in [2.24, 2.45) is 22.7 Å². The SMILES string of the molecule is CCCC[C@H]1OCC[C@@]23C[C@@H](C[C@H]12)C(C)(C)[C@@H]3NC(=O)CC. The van der Waals surface area contributed by atoms with E-state index in [1.165, 1.54) is 32.1 Å². The van der Waals surface area contributed by atoms with Crippen LogP contribution in [0.5, 0.6) is 0 Å². The maximum Gasteiger partial charge on any atom is 0.219 e. The molecule has 2 saturated carbocycles. The predicted octanol–water partition coefficient (Wildman–Crippen LogP) is 3.91. The largest absolute Gasteiger partial charge is 0.378 e. The second-order valence-corrected chi connectivity index (χ2v) is 8.45. The quantitative estimate of drug-likeness (QED) is 0.836. The fourth-order valence-electron chi connectivity index (χ4n) is 5.86. The summed E-state index contributed by atoms with van der Waals surface area (Å²) in [4.78, 5) is 12.1. The summed E-state index contributed by atoms with van der Waals surface area (Å²) < 4.78 is 6.18. The highest BCUT2D eigenvalue weighted by Crippen LogP contribution is 2.68. The van der Waals surface area contributed by atoms with Gasteiger partial charge in [0.15, 0.2) is 0 Å². The lowest BCUT2D eigenvalue weighted by Gasteiger charge is -2.53. The molecular weight excluding hydrogens is 274 g/mol. The highest BCUT2D eigenvalue weighted by molar-refractivity contribution is 5.76. The van der Waals surface area contributed by atoms with Gasteiger partial charge >= 0.3 is 0 Å². The zero-order valence-electron chi connectivity index (χ0n) is 14.8. The van der Waals surface area contributed by atoms with Crippen LogP contribution >= 0.6 is 0 Å². The average molecular weight is 307 g/mol. The number of rotatable bonds is 5. The van der Waals surface area contributed by atoms with Crippen LogP contribution in [0.15, 0.2) is 0 Å². The van der Waals surface area contributed by atoms with E-state index >= 15 is 0 Å². The normalized spacial score (nSPS) is 42.2. The Kier molecular flexibility index (Phi) is 4.30. The first kappa shape index (κ1) is 16.3. The van der Waals surface area contributed by atoms with E-state index < -0.39 is 0 Å². The molecule has 3 nitrogen and oxygen atoms in total. The van der Waals surface area contributed by atoms with E-state index in [-0.39, 0.29) is 11.3 Å². The Morgan fingerprint density at radius 2 is 2.09 bits per heavy atom. The van der Waals surface area contributed by atoms with Crippen molar-refractivity contribution in [2.75, 3.05) is 6.61 Å². The van der Waals surface area contributed by atoms with Crippen LogP contribution in [0.25, 0.3) is 0 Å². The third-order valence-corrected chi connectivity index (χ3v) is 7.09. The summed E-state index contributed by atoms with van der Waals surface area (Å²) >= 11 is 0. The highest BCUT2D eigenvalue weighted by Gasteiger charge is 2.68. The zero-order valence-corrected chi connectivity index (χ0v) is 14.8. The molecule has 3 heteroatoms. The zero-order chi connectivity index (χ0) is 16.0. The van der Waals surface area contributed by atoms with E-state index in [0.717, 1.165) is 18.9 Å². The Morgan fingerprint density at radius 3 is 2.77 bits per heavy atom. The molecule has 1 aliphatic heterocycles. The molecule has 3 fully saturated rings. The molecule has 0 radical (unpaired) electrons. The Balaban J connectivity index is 1.85. The van der Waals surface area contributed by atoms with Gasteiger partial charge in [0, 0.05) is 19.1 Å². The minimum Gasteiger partial charge on any atom is -0.378 e. The first-order valence-electron chi connectivity index (χ1n) is 9.36. The maximum atomic E-state index is 12.1. The number of carbonyl (C=O) groups is 1. The molecule has 3 aliphatic rings. The average Bonchev–Trinajstić information content (AvgIpc) is 2.98. The summed E-state index contributed by atoms with van der Waals surface area (Å²) in [5.74, 6) is 1.62. The van der Waals surface area contributed by atoms with Gasteiger partial charge in [-0.15, -0.1) is 0 Å². The van der Waals surface area contributed by atoms with E-state index in [1.807, 2.05) is 6.92 Å². The lowest BCUT2D eigenvalue weighted by Crippen LogP contribution is -2.60. The van der Waals surface area contributed by atoms with Crippen LogP contribution in [0.3, 0.4) is 0 Å². The Morgan fingerprint density at radius 1 is 1.32 bits per heavy atom. The third-order valence-electron chi connectivity index (χ3n) is 7.09. The van der Waals surface area contributed by atoms with Gasteiger partial charge in [0.25, 0.3) is 0 Å². The number of amides is 1. The molecule has 2 bridgehead atoms. The van der Waals surface area contributed by atoms with Crippen molar-refractivity contribution >= 4 is 5.91 Å². The lowest BCUT2D eigenvalue weighted by molar-refractivity contribution is -0.137. The van der Waals surface area contributed by atoms with Gasteiger partial charge in [-0.2, -0.15) is 0 Å². The summed E-state index contributed by atoms with van der Waals surface area (Å²) in [5, 5.41) is 3.42. The molecule has 2 aliphatic carbocycles. The maximum absolute atomic E-state index is 12.1. The van der Waals surface area contributed by atoms with Crippen molar-refractivity contribution < 1.29 is 9.53 Å². The molecule has 0 aromatic carbocycles. The van der Waals surface area contributed by atoms with Gasteiger partial charge in [0.2, 0.25) is 5.91 Å². The number of ether oxygens (including phenoxy) is 1. The number of carbonyl (C=O) groups excluding carboxylic acids is 1. The van der Waals surface area contributed by atoms with Crippen molar-refractivity contribution in [2.45, 2.75) is 84.8 Å². The third kappa shape index (κ3) is 2.31. The first-order valence-corrected chi connectivity index (χ1v) is 9.36. The smallest absolute Gasteiger partial charge is 0.219 e. The number of unbranched alkanes of at least 4 members (excludes halogenated alkanes) is 1. The Hall–Kier alpha value is -0.570. The van der Waals surface area contributed by atoms with Gasteiger partial charge in [-0.25, -0.2) is 0 Å². The summed E-state index contributed by atoms with van der Waals surface area (Å²) in [7, 11) is 0. The van der Waals surface area contributed by atoms with Crippen LogP contribution < -0.4 is 5.32 Å². The minimum absolute atomic E-state index is 0.218. The van der Waals surface area contributed by atoms with Crippen LogP contribution in [0.4, 0.5) is 0 Å². The molecule has 126 valence electrons. The van der Waals surface area contributed by atoms with Crippen molar-refractivity contribution in [3.63, 3.8) is 0 Å². The number of hydrogen-bond acceptors (Lipinski definition) is 2. The fourth-order valence-corrected chi connectivity index (χ4v) is 5.86. The predicted molar refractivity (Wildman–Crippen MR) is 88.5 cm³/mol. The van der Waals surface area contributed by atoms with Gasteiger partial charge in [0.05, 0.1) is 6.10 Å². The topological polar surface area (TPSA) is 38.3 Å². The van der Waals surface area contributed by atoms with Gasteiger partial charge in [0.1, 0.15) is 0 Å². The van der Waals surface area contributed by atoms with E-state index in [2.05, 4.69) is 26.1 Å². The molecule has 22 heavy (non-hydrogen) atoms. The molecule has 3 rings (SSSR count). The number of nitrogens with one attached hydrogen (secondary N) is 1. The van der Waals surface area contributed by atoms with Crippen LogP contribution in [-0.4, -0.2) is 24.7 Å². The highest BCUT2D eigenvalue weighted by atomic mass is 16.5. The van der Waals surface area contributed by atoms with E-state index in [4.69, 9.17) is 4.74 Å². The van der Waals surface area contributed by atoms with Crippen LogP contribution in [0.1, 0.15) is 72.6 Å². The molecule has 0 aromatic heterocycles. The standard InChI is InChI=1S/C19H33NO2/c1-5-7-8-15-14-11-13-12-19(14,9-10-22-15)17(18(13,3)4)20-16(21)6-2/h13-15,17H,5-12H2,1-4H3,(H,20,21)/t13-,14-,15-,17+,19-/m1/s1. The van der Waals surface area contributed by atoms with Gasteiger partial charge in [-0.05, 0) is 48.3 Å². The first-order chi connectivity index (χ1) is 10.5. The molecule has 1 spiro atoms. The molecule has 1 amide bonds. The molecule has 1 saturated heterocycles. The number of hydrogen-bond donors (Lipinski definition) is 1. The number of fused-ring (bicyclic) bond motifs is 1. The lowest BCUT2D eigenvalue weighted by atomic mass is 9.59. The Bertz CT molecular complexity index is 433. The monoisotopic (exact) mass is 307 g/mol. The summed E-state index contributed by atoms with van der Waals surface area (Å²) in [6.07, 6.45) is 8.45. The molecule has 1 heterocycles. The molecule has 5 atom stereocenters. The van der Waals surface area contributed by atoms with Crippen LogP contribution in [-0.2, 0) is 9.53 Å². The van der Waals surface area contributed by atoms with Crippen molar-refractivity contribution in [3.05, 3.63) is 0 Å². The molecular formula is C19H33NO2. The van der Waals surface area contributed by atoms with Gasteiger partial charge in [-0.3, -0.25) is 4.79 Å². The van der Waals surface area contributed by atoms with Crippen LogP contribution in [0.2, 0.25) is 0 Å². The van der Waals surface area contributed by atoms with Crippen molar-refractivity contribution in [1.82, 2.24) is 5.32 Å². The Labute approximate surface area is 135 Å². The fraction of sp³-hybridized carbons (Fsp3) is 0.947. The van der Waals surface area contributed by atoms with Crippen molar-refractivity contribution in [3.8, 4) is 0 Å². The second-order valence-electron chi connectivity index (χ2n) is 8.45. The van der Waals surface area contributed by atoms with Gasteiger partial charge in [-0.1, -0.05) is 40.5 Å². The van der Waals surface area contributed by atoms with E-state index in [9.17, 15) is 4.79 Å². The minimum atomic E-state index is 0.218. The summed E-state index contributed by atoms with van der Waals surface area (Å²) in [6, 6.07) is 0.337. The molecule has 0 unspecified atom stereocenters.